The van der Waals surface area contributed by atoms with E-state index in [1.54, 1.807) is 0 Å². The monoisotopic (exact) mass is 457 g/mol. The maximum Gasteiger partial charge on any atom is 0.538 e. The number of hydrogen-bond acceptors (Lipinski definition) is 9. The maximum atomic E-state index is 12.4. The zero-order valence-electron chi connectivity index (χ0n) is 17.2. The summed E-state index contributed by atoms with van der Waals surface area (Å²) < 4.78 is 5.09. The van der Waals surface area contributed by atoms with E-state index in [0.717, 1.165) is 0 Å². The van der Waals surface area contributed by atoms with Gasteiger partial charge in [0.1, 0.15) is 6.04 Å². The molecule has 0 aliphatic heterocycles. The number of carbonyl (C=O) groups is 4. The lowest BCUT2D eigenvalue weighted by Crippen LogP contribution is -2.47. The van der Waals surface area contributed by atoms with Gasteiger partial charge in [0, 0.05) is 24.2 Å². The Bertz CT molecular complexity index is 837. The van der Waals surface area contributed by atoms with Crippen LogP contribution in [0, 0.1) is 0 Å². The number of guanidine groups is 1. The molecule has 1 aromatic rings. The summed E-state index contributed by atoms with van der Waals surface area (Å²) in [7, 11) is 0. The lowest BCUT2D eigenvalue weighted by Gasteiger charge is -2.17. The van der Waals surface area contributed by atoms with E-state index in [2.05, 4.69) is 25.8 Å². The van der Waals surface area contributed by atoms with Crippen LogP contribution >= 0.6 is 0 Å². The highest BCUT2D eigenvalue weighted by Crippen LogP contribution is 2.19. The first-order valence-corrected chi connectivity index (χ1v) is 9.53. The summed E-state index contributed by atoms with van der Waals surface area (Å²) in [5, 5.41) is 15.8. The molecule has 0 saturated heterocycles. The molecule has 178 valence electrons. The van der Waals surface area contributed by atoms with Crippen molar-refractivity contribution < 1.29 is 28.8 Å². The van der Waals surface area contributed by atoms with Gasteiger partial charge in [0.15, 0.2) is 17.8 Å². The van der Waals surface area contributed by atoms with Crippen molar-refractivity contribution in [3.8, 4) is 0 Å². The van der Waals surface area contributed by atoms with Crippen molar-refractivity contribution >= 4 is 29.8 Å². The molecule has 14 N–H and O–H groups in total. The van der Waals surface area contributed by atoms with Crippen molar-refractivity contribution in [3.63, 3.8) is 0 Å². The Balaban J connectivity index is 2.84. The lowest BCUT2D eigenvalue weighted by molar-refractivity contribution is -0.139. The van der Waals surface area contributed by atoms with E-state index < -0.39 is 41.9 Å². The zero-order valence-corrected chi connectivity index (χ0v) is 17.2. The Morgan fingerprint density at radius 1 is 1.06 bits per heavy atom. The standard InChI is InChI=1S/C16H28N10O6/c17-7(6-11(19)28)12-25-13(32-26-12)8(3-4-10(18)27)23-16(31)24-9(14(29)30)2-1-5-22-15(20)21/h7-9H,1-6,17H2,(H2,18,27)(H2,19,28)(H,29,30)(H4,20,21,22)(H2,23,24,31)/p+1/t7-,8-,9-/m0/s1. The lowest BCUT2D eigenvalue weighted by atomic mass is 10.1. The van der Waals surface area contributed by atoms with Gasteiger partial charge in [0.2, 0.25) is 17.7 Å². The number of urea groups is 1. The van der Waals surface area contributed by atoms with Crippen LogP contribution in [0.1, 0.15) is 55.9 Å². The molecule has 16 nitrogen and oxygen atoms in total. The third kappa shape index (κ3) is 9.70. The number of nitrogens with one attached hydrogen (secondary N) is 2. The van der Waals surface area contributed by atoms with Gasteiger partial charge in [-0.25, -0.2) is 4.79 Å². The number of aromatic nitrogens is 2. The van der Waals surface area contributed by atoms with Crippen LogP contribution in [0.5, 0.6) is 0 Å². The first kappa shape index (κ1) is 26.1. The summed E-state index contributed by atoms with van der Waals surface area (Å²) in [6.07, 6.45) is 0.0925. The zero-order chi connectivity index (χ0) is 24.3. The second kappa shape index (κ2) is 12.7. The number of nitrogens with zero attached hydrogens (tertiary/aromatic N) is 3. The second-order valence-corrected chi connectivity index (χ2v) is 6.81. The van der Waals surface area contributed by atoms with E-state index in [0.29, 0.717) is 6.42 Å². The van der Waals surface area contributed by atoms with Crippen LogP contribution in [0.2, 0.25) is 0 Å². The SMILES string of the molecule is NC(=O)CC[C@H](NC(=O)N[C@@H](CCCN=C(N)N)C(=O)[OH2+])c1nc([C@@H](N)CC(N)=O)no1. The Labute approximate surface area is 182 Å². The molecule has 32 heavy (non-hydrogen) atoms. The van der Waals surface area contributed by atoms with Gasteiger partial charge in [0.05, 0.1) is 6.04 Å². The van der Waals surface area contributed by atoms with E-state index >= 15 is 0 Å². The highest BCUT2D eigenvalue weighted by Gasteiger charge is 2.29. The summed E-state index contributed by atoms with van der Waals surface area (Å²) in [6, 6.07) is -3.84. The van der Waals surface area contributed by atoms with Crippen LogP contribution in [-0.2, 0) is 14.4 Å². The first-order chi connectivity index (χ1) is 15.0. The highest BCUT2D eigenvalue weighted by molar-refractivity contribution is 5.82. The number of rotatable bonds is 14. The smallest absolute Gasteiger partial charge is 0.538 e. The van der Waals surface area contributed by atoms with Crippen molar-refractivity contribution in [3.05, 3.63) is 11.7 Å². The average molecular weight is 457 g/mol. The Morgan fingerprint density at radius 2 is 1.75 bits per heavy atom. The summed E-state index contributed by atoms with van der Waals surface area (Å²) >= 11 is 0. The highest BCUT2D eigenvalue weighted by atomic mass is 16.5. The molecule has 0 aliphatic carbocycles. The van der Waals surface area contributed by atoms with Crippen molar-refractivity contribution in [1.82, 2.24) is 20.8 Å². The number of aliphatic imine (C=N–C) groups is 1. The Kier molecular flexibility index (Phi) is 10.3. The fourth-order valence-corrected chi connectivity index (χ4v) is 2.52. The molecule has 0 radical (unpaired) electrons. The second-order valence-electron chi connectivity index (χ2n) is 6.81. The minimum atomic E-state index is -1.12. The van der Waals surface area contributed by atoms with Gasteiger partial charge < -0.3 is 48.9 Å². The molecule has 16 heteroatoms. The molecule has 1 aromatic heterocycles. The Hall–Kier alpha value is -3.95. The number of carbonyl (C=O) groups excluding carboxylic acids is 4. The summed E-state index contributed by atoms with van der Waals surface area (Å²) in [5.41, 5.74) is 26.4. The van der Waals surface area contributed by atoms with Crippen LogP contribution in [0.15, 0.2) is 9.52 Å². The molecule has 0 spiro atoms. The predicted octanol–water partition coefficient (Wildman–Crippen LogP) is -3.78. The van der Waals surface area contributed by atoms with Crippen molar-refractivity contribution in [2.45, 2.75) is 50.2 Å². The molecule has 0 saturated carbocycles. The third-order valence-electron chi connectivity index (χ3n) is 4.06. The summed E-state index contributed by atoms with van der Waals surface area (Å²) in [4.78, 5) is 53.9. The first-order valence-electron chi connectivity index (χ1n) is 9.53. The van der Waals surface area contributed by atoms with Gasteiger partial charge >= 0.3 is 12.0 Å². The molecule has 0 bridgehead atoms. The molecular formula is C16H29N10O6+. The quantitative estimate of drug-likeness (QED) is 0.0618. The topological polar surface area (TPSA) is 297 Å². The molecule has 0 aromatic carbocycles. The largest absolute Gasteiger partial charge is 0.563 e. The fourth-order valence-electron chi connectivity index (χ4n) is 2.52. The van der Waals surface area contributed by atoms with Gasteiger partial charge in [-0.05, 0) is 19.3 Å². The van der Waals surface area contributed by atoms with Gasteiger partial charge in [-0.15, -0.1) is 0 Å². The fraction of sp³-hybridized carbons (Fsp3) is 0.562. The molecule has 0 fully saturated rings. The average Bonchev–Trinajstić information content (AvgIpc) is 3.16. The van der Waals surface area contributed by atoms with Crippen molar-refractivity contribution in [2.75, 3.05) is 6.54 Å². The van der Waals surface area contributed by atoms with E-state index in [4.69, 9.17) is 38.3 Å². The summed E-state index contributed by atoms with van der Waals surface area (Å²) in [6.45, 7) is 0.215. The molecule has 1 rings (SSSR count). The van der Waals surface area contributed by atoms with Gasteiger partial charge in [-0.3, -0.25) is 14.6 Å². The number of amides is 4. The minimum Gasteiger partial charge on any atom is -0.563 e. The van der Waals surface area contributed by atoms with Crippen molar-refractivity contribution in [1.29, 1.82) is 0 Å². The molecular weight excluding hydrogens is 428 g/mol. The van der Waals surface area contributed by atoms with Gasteiger partial charge in [-0.2, -0.15) is 4.98 Å². The van der Waals surface area contributed by atoms with Crippen LogP contribution < -0.4 is 39.3 Å². The number of nitrogens with two attached hydrogens (primary N) is 5. The van der Waals surface area contributed by atoms with E-state index in [1.165, 1.54) is 0 Å². The van der Waals surface area contributed by atoms with Crippen LogP contribution in [0.4, 0.5) is 4.79 Å². The minimum absolute atomic E-state index is 0.000572. The number of primary amides is 2. The number of hydrogen-bond donors (Lipinski definition) is 7. The van der Waals surface area contributed by atoms with E-state index in [1.807, 2.05) is 0 Å². The molecule has 1 heterocycles. The molecule has 0 unspecified atom stereocenters. The molecule has 3 atom stereocenters. The summed E-state index contributed by atoms with van der Waals surface area (Å²) in [5.74, 6) is -2.56. The molecule has 4 amide bonds. The third-order valence-corrected chi connectivity index (χ3v) is 4.06. The molecule has 0 aliphatic rings. The normalized spacial score (nSPS) is 13.4. The van der Waals surface area contributed by atoms with Crippen LogP contribution in [0.3, 0.4) is 0 Å². The Morgan fingerprint density at radius 3 is 2.31 bits per heavy atom. The van der Waals surface area contributed by atoms with E-state index in [9.17, 15) is 19.2 Å². The van der Waals surface area contributed by atoms with Crippen LogP contribution in [0.25, 0.3) is 0 Å². The van der Waals surface area contributed by atoms with Crippen LogP contribution in [-0.4, -0.2) is 57.6 Å². The van der Waals surface area contributed by atoms with Gasteiger partial charge in [0.25, 0.3) is 0 Å². The maximum absolute atomic E-state index is 12.4. The van der Waals surface area contributed by atoms with E-state index in [-0.39, 0.29) is 49.9 Å². The van der Waals surface area contributed by atoms with Crippen molar-refractivity contribution in [2.24, 2.45) is 33.7 Å². The van der Waals surface area contributed by atoms with Gasteiger partial charge in [-0.1, -0.05) is 5.16 Å². The predicted molar refractivity (Wildman–Crippen MR) is 110 cm³/mol.